The summed E-state index contributed by atoms with van der Waals surface area (Å²) in [5, 5.41) is 6.41. The first-order valence-corrected chi connectivity index (χ1v) is 6.66. The van der Waals surface area contributed by atoms with Crippen LogP contribution in [0.1, 0.15) is 5.82 Å². The van der Waals surface area contributed by atoms with Gasteiger partial charge in [-0.05, 0) is 12.1 Å². The molecule has 2 aromatic heterocycles. The lowest BCUT2D eigenvalue weighted by atomic mass is 10.3. The number of nitrogens with one attached hydrogen (secondary N) is 1. The minimum atomic E-state index is -4.65. The summed E-state index contributed by atoms with van der Waals surface area (Å²) in [6, 6.07) is 7.70. The monoisotopic (exact) mass is 323 g/mol. The summed E-state index contributed by atoms with van der Waals surface area (Å²) in [6.07, 6.45) is -3.03. The van der Waals surface area contributed by atoms with E-state index in [4.69, 9.17) is 0 Å². The van der Waals surface area contributed by atoms with Gasteiger partial charge in [0.05, 0.1) is 11.0 Å². The van der Waals surface area contributed by atoms with Crippen LogP contribution in [0, 0.1) is 0 Å². The molecule has 0 aliphatic heterocycles. The highest BCUT2D eigenvalue weighted by Crippen LogP contribution is 2.31. The van der Waals surface area contributed by atoms with Crippen LogP contribution in [0.2, 0.25) is 0 Å². The zero-order valence-electron chi connectivity index (χ0n) is 12.0. The average Bonchev–Trinajstić information content (AvgIpc) is 3.03. The van der Waals surface area contributed by atoms with Crippen molar-refractivity contribution in [2.24, 2.45) is 7.05 Å². The molecule has 120 valence electrons. The lowest BCUT2D eigenvalue weighted by molar-refractivity contribution is -0.147. The summed E-state index contributed by atoms with van der Waals surface area (Å²) in [5.41, 5.74) is 0.432. The Balaban J connectivity index is 1.93. The summed E-state index contributed by atoms with van der Waals surface area (Å²) in [7, 11) is 1.67. The minimum Gasteiger partial charge on any atom is -0.311 e. The molecular weight excluding hydrogens is 311 g/mol. The van der Waals surface area contributed by atoms with Crippen molar-refractivity contribution in [2.45, 2.75) is 12.7 Å². The van der Waals surface area contributed by atoms with Gasteiger partial charge in [0.25, 0.3) is 0 Å². The average molecular weight is 323 g/mol. The van der Waals surface area contributed by atoms with Crippen LogP contribution in [0.5, 0.6) is 0 Å². The summed E-state index contributed by atoms with van der Waals surface area (Å²) < 4.78 is 41.7. The van der Waals surface area contributed by atoms with E-state index in [1.165, 1.54) is 16.8 Å². The van der Waals surface area contributed by atoms with Crippen LogP contribution in [0.15, 0.2) is 36.5 Å². The third-order valence-corrected chi connectivity index (χ3v) is 3.19. The van der Waals surface area contributed by atoms with E-state index in [2.05, 4.69) is 15.4 Å². The highest BCUT2D eigenvalue weighted by Gasteiger charge is 2.38. The Morgan fingerprint density at radius 2 is 2.00 bits per heavy atom. The normalized spacial score (nSPS) is 11.8. The summed E-state index contributed by atoms with van der Waals surface area (Å²) >= 11 is 0. The fourth-order valence-corrected chi connectivity index (χ4v) is 2.26. The van der Waals surface area contributed by atoms with Crippen LogP contribution in [-0.2, 0) is 24.6 Å². The number of benzene rings is 1. The number of carbonyl (C=O) groups excluding carboxylic acids is 1. The number of halogens is 3. The Kier molecular flexibility index (Phi) is 3.55. The van der Waals surface area contributed by atoms with Crippen molar-refractivity contribution >= 4 is 22.8 Å². The number of alkyl halides is 3. The molecule has 0 radical (unpaired) electrons. The maximum Gasteiger partial charge on any atom is 0.449 e. The number of aryl methyl sites for hydroxylation is 1. The molecule has 0 bridgehead atoms. The summed E-state index contributed by atoms with van der Waals surface area (Å²) in [4.78, 5) is 15.6. The molecule has 0 saturated carbocycles. The smallest absolute Gasteiger partial charge is 0.311 e. The molecule has 0 unspecified atom stereocenters. The molecule has 1 N–H and O–H groups in total. The van der Waals surface area contributed by atoms with Crippen LogP contribution in [0.4, 0.5) is 19.0 Å². The largest absolute Gasteiger partial charge is 0.449 e. The van der Waals surface area contributed by atoms with Crippen LogP contribution < -0.4 is 5.32 Å². The number of para-hydroxylation sites is 2. The van der Waals surface area contributed by atoms with Gasteiger partial charge >= 0.3 is 6.18 Å². The number of rotatable bonds is 3. The van der Waals surface area contributed by atoms with Gasteiger partial charge in [-0.1, -0.05) is 12.1 Å². The second kappa shape index (κ2) is 5.41. The van der Waals surface area contributed by atoms with Gasteiger partial charge in [-0.3, -0.25) is 9.48 Å². The van der Waals surface area contributed by atoms with Gasteiger partial charge < -0.3 is 9.88 Å². The second-order valence-electron chi connectivity index (χ2n) is 4.93. The van der Waals surface area contributed by atoms with E-state index in [-0.39, 0.29) is 16.9 Å². The van der Waals surface area contributed by atoms with Crippen molar-refractivity contribution in [1.29, 1.82) is 0 Å². The second-order valence-corrected chi connectivity index (χ2v) is 4.93. The molecule has 0 aliphatic carbocycles. The van der Waals surface area contributed by atoms with Crippen LogP contribution in [0.25, 0.3) is 11.0 Å². The predicted molar refractivity (Wildman–Crippen MR) is 76.6 cm³/mol. The van der Waals surface area contributed by atoms with Gasteiger partial charge in [0.15, 0.2) is 5.82 Å². The third-order valence-electron chi connectivity index (χ3n) is 3.19. The number of hydrogen-bond donors (Lipinski definition) is 1. The quantitative estimate of drug-likeness (QED) is 0.805. The van der Waals surface area contributed by atoms with Gasteiger partial charge in [0, 0.05) is 19.3 Å². The van der Waals surface area contributed by atoms with E-state index in [1.54, 1.807) is 31.4 Å². The highest BCUT2D eigenvalue weighted by molar-refractivity contribution is 5.90. The molecular formula is C14H12F3N5O. The van der Waals surface area contributed by atoms with Crippen LogP contribution >= 0.6 is 0 Å². The van der Waals surface area contributed by atoms with Gasteiger partial charge in [0.1, 0.15) is 6.54 Å². The first kappa shape index (κ1) is 15.1. The number of aromatic nitrogens is 4. The van der Waals surface area contributed by atoms with Gasteiger partial charge in [0.2, 0.25) is 11.7 Å². The standard InChI is InChI=1S/C14H12F3N5O/c1-21-7-6-11(20-21)19-12(23)8-22-10-5-3-2-4-9(10)18-13(22)14(15,16)17/h2-7H,8H2,1H3,(H,19,20,23). The molecule has 0 fully saturated rings. The van der Waals surface area contributed by atoms with Gasteiger partial charge in [-0.2, -0.15) is 18.3 Å². The number of hydrogen-bond acceptors (Lipinski definition) is 3. The Morgan fingerprint density at radius 3 is 2.65 bits per heavy atom. The number of nitrogens with zero attached hydrogens (tertiary/aromatic N) is 4. The van der Waals surface area contributed by atoms with Crippen LogP contribution in [0.3, 0.4) is 0 Å². The Morgan fingerprint density at radius 1 is 1.26 bits per heavy atom. The molecule has 3 rings (SSSR count). The van der Waals surface area contributed by atoms with E-state index in [1.807, 2.05) is 0 Å². The number of imidazole rings is 1. The number of carbonyl (C=O) groups is 1. The van der Waals surface area contributed by atoms with E-state index >= 15 is 0 Å². The van der Waals surface area contributed by atoms with Crippen LogP contribution in [-0.4, -0.2) is 25.2 Å². The zero-order valence-corrected chi connectivity index (χ0v) is 12.0. The van der Waals surface area contributed by atoms with Crippen molar-refractivity contribution in [3.05, 3.63) is 42.4 Å². The number of fused-ring (bicyclic) bond motifs is 1. The maximum atomic E-state index is 13.1. The fourth-order valence-electron chi connectivity index (χ4n) is 2.26. The molecule has 0 saturated heterocycles. The van der Waals surface area contributed by atoms with E-state index < -0.39 is 24.5 Å². The van der Waals surface area contributed by atoms with E-state index in [9.17, 15) is 18.0 Å². The van der Waals surface area contributed by atoms with Crippen molar-refractivity contribution in [3.63, 3.8) is 0 Å². The molecule has 6 nitrogen and oxygen atoms in total. The lowest BCUT2D eigenvalue weighted by Crippen LogP contribution is -2.23. The van der Waals surface area contributed by atoms with E-state index in [0.717, 1.165) is 4.57 Å². The van der Waals surface area contributed by atoms with Gasteiger partial charge in [-0.25, -0.2) is 4.98 Å². The maximum absolute atomic E-state index is 13.1. The Labute approximate surface area is 128 Å². The first-order chi connectivity index (χ1) is 10.8. The molecule has 0 atom stereocenters. The summed E-state index contributed by atoms with van der Waals surface area (Å²) in [6.45, 7) is -0.508. The van der Waals surface area contributed by atoms with Crippen molar-refractivity contribution in [1.82, 2.24) is 19.3 Å². The molecule has 2 heterocycles. The van der Waals surface area contributed by atoms with Crippen molar-refractivity contribution in [3.8, 4) is 0 Å². The first-order valence-electron chi connectivity index (χ1n) is 6.66. The van der Waals surface area contributed by atoms with Gasteiger partial charge in [-0.15, -0.1) is 0 Å². The molecule has 1 aromatic carbocycles. The number of amides is 1. The molecule has 0 spiro atoms. The highest BCUT2D eigenvalue weighted by atomic mass is 19.4. The molecule has 1 amide bonds. The zero-order chi connectivity index (χ0) is 16.6. The van der Waals surface area contributed by atoms with E-state index in [0.29, 0.717) is 0 Å². The summed E-state index contributed by atoms with van der Waals surface area (Å²) in [5.74, 6) is -1.44. The molecule has 9 heteroatoms. The predicted octanol–water partition coefficient (Wildman–Crippen LogP) is 2.43. The topological polar surface area (TPSA) is 64.7 Å². The fraction of sp³-hybridized carbons (Fsp3) is 0.214. The molecule has 3 aromatic rings. The molecule has 23 heavy (non-hydrogen) atoms. The van der Waals surface area contributed by atoms with Crippen molar-refractivity contribution < 1.29 is 18.0 Å². The third kappa shape index (κ3) is 3.03. The van der Waals surface area contributed by atoms with Crippen molar-refractivity contribution in [2.75, 3.05) is 5.32 Å². The number of anilines is 1. The lowest BCUT2D eigenvalue weighted by Gasteiger charge is -2.10. The SMILES string of the molecule is Cn1ccc(NC(=O)Cn2c(C(F)(F)F)nc3ccccc32)n1. The molecule has 0 aliphatic rings. The Hall–Kier alpha value is -2.84. The minimum absolute atomic E-state index is 0.186. The Bertz CT molecular complexity index is 865.